The van der Waals surface area contributed by atoms with Crippen LogP contribution in [0, 0.1) is 11.3 Å². The third-order valence-electron chi connectivity index (χ3n) is 5.47. The number of hydrogen-bond acceptors (Lipinski definition) is 4. The highest BCUT2D eigenvalue weighted by molar-refractivity contribution is 7.90. The highest BCUT2D eigenvalue weighted by Gasteiger charge is 2.29. The van der Waals surface area contributed by atoms with Crippen LogP contribution in [-0.2, 0) is 21.1 Å². The zero-order valence-electron chi connectivity index (χ0n) is 18.6. The minimum absolute atomic E-state index is 0.168. The van der Waals surface area contributed by atoms with Gasteiger partial charge in [0.25, 0.3) is 0 Å². The first kappa shape index (κ1) is 24.2. The molecule has 168 valence electrons. The first-order chi connectivity index (χ1) is 14.1. The van der Waals surface area contributed by atoms with Gasteiger partial charge in [0.2, 0.25) is 5.91 Å². The van der Waals surface area contributed by atoms with Crippen LogP contribution in [0.5, 0.6) is 0 Å². The fourth-order valence-electron chi connectivity index (χ4n) is 3.45. The Morgan fingerprint density at radius 1 is 1.23 bits per heavy atom. The van der Waals surface area contributed by atoms with E-state index >= 15 is 0 Å². The molecule has 8 heteroatoms. The molecule has 0 radical (unpaired) electrons. The van der Waals surface area contributed by atoms with Crippen LogP contribution in [0.3, 0.4) is 0 Å². The molecule has 2 rings (SSSR count). The normalized spacial score (nSPS) is 18.0. The minimum atomic E-state index is -2.97. The Morgan fingerprint density at radius 2 is 1.93 bits per heavy atom. The van der Waals surface area contributed by atoms with E-state index in [-0.39, 0.29) is 23.0 Å². The van der Waals surface area contributed by atoms with Crippen molar-refractivity contribution in [3.8, 4) is 0 Å². The van der Waals surface area contributed by atoms with Crippen molar-refractivity contribution in [1.82, 2.24) is 15.5 Å². The number of carbonyl (C=O) groups is 1. The zero-order valence-corrected chi connectivity index (χ0v) is 19.5. The van der Waals surface area contributed by atoms with Crippen molar-refractivity contribution in [2.75, 3.05) is 45.2 Å². The molecule has 1 fully saturated rings. The number of benzene rings is 1. The Hall–Kier alpha value is -2.09. The molecule has 1 aromatic rings. The van der Waals surface area contributed by atoms with Gasteiger partial charge in [-0.2, -0.15) is 0 Å². The van der Waals surface area contributed by atoms with Gasteiger partial charge >= 0.3 is 0 Å². The molecule has 1 heterocycles. The Bertz CT molecular complexity index is 822. The largest absolute Gasteiger partial charge is 0.356 e. The molecular formula is C22H36N4O3S. The standard InChI is InChI=1S/C22H36N4O3S/c1-22(2,11-13-30(4,28)29)17-25-21(23-3)24-15-19-14-20(27)26(16-19)12-10-18-8-6-5-7-9-18/h5-9,19H,10-17H2,1-4H3,(H2,23,24,25). The molecule has 1 aromatic carbocycles. The summed E-state index contributed by atoms with van der Waals surface area (Å²) in [5, 5.41) is 6.60. The topological polar surface area (TPSA) is 90.9 Å². The highest BCUT2D eigenvalue weighted by Crippen LogP contribution is 2.20. The summed E-state index contributed by atoms with van der Waals surface area (Å²) >= 11 is 0. The molecule has 0 spiro atoms. The van der Waals surface area contributed by atoms with E-state index in [2.05, 4.69) is 27.8 Å². The predicted molar refractivity (Wildman–Crippen MR) is 122 cm³/mol. The average molecular weight is 437 g/mol. The second kappa shape index (κ2) is 10.8. The predicted octanol–water partition coefficient (Wildman–Crippen LogP) is 1.70. The summed E-state index contributed by atoms with van der Waals surface area (Å²) in [6, 6.07) is 10.2. The number of hydrogen-bond donors (Lipinski definition) is 2. The summed E-state index contributed by atoms with van der Waals surface area (Å²) in [7, 11) is -1.25. The number of amides is 1. The summed E-state index contributed by atoms with van der Waals surface area (Å²) in [5.74, 6) is 1.32. The summed E-state index contributed by atoms with van der Waals surface area (Å²) in [5.41, 5.74) is 1.08. The lowest BCUT2D eigenvalue weighted by molar-refractivity contribution is -0.127. The van der Waals surface area contributed by atoms with Gasteiger partial charge < -0.3 is 15.5 Å². The van der Waals surface area contributed by atoms with Gasteiger partial charge in [-0.25, -0.2) is 8.42 Å². The van der Waals surface area contributed by atoms with Crippen molar-refractivity contribution in [2.24, 2.45) is 16.3 Å². The molecule has 7 nitrogen and oxygen atoms in total. The van der Waals surface area contributed by atoms with Crippen LogP contribution < -0.4 is 10.6 Å². The van der Waals surface area contributed by atoms with Gasteiger partial charge in [0.05, 0.1) is 5.75 Å². The molecule has 1 amide bonds. The number of nitrogens with zero attached hydrogens (tertiary/aromatic N) is 2. The van der Waals surface area contributed by atoms with Crippen molar-refractivity contribution in [3.63, 3.8) is 0 Å². The fraction of sp³-hybridized carbons (Fsp3) is 0.636. The maximum atomic E-state index is 12.3. The molecule has 1 atom stereocenters. The lowest BCUT2D eigenvalue weighted by atomic mass is 9.90. The van der Waals surface area contributed by atoms with E-state index in [1.54, 1.807) is 7.05 Å². The third kappa shape index (κ3) is 8.73. The van der Waals surface area contributed by atoms with Crippen LogP contribution in [0.25, 0.3) is 0 Å². The summed E-state index contributed by atoms with van der Waals surface area (Å²) < 4.78 is 22.8. The number of rotatable bonds is 10. The first-order valence-corrected chi connectivity index (χ1v) is 12.6. The van der Waals surface area contributed by atoms with E-state index in [1.807, 2.05) is 36.9 Å². The van der Waals surface area contributed by atoms with E-state index in [0.29, 0.717) is 31.9 Å². The average Bonchev–Trinajstić information content (AvgIpc) is 3.05. The van der Waals surface area contributed by atoms with Gasteiger partial charge in [-0.1, -0.05) is 44.2 Å². The van der Waals surface area contributed by atoms with Crippen LogP contribution in [-0.4, -0.2) is 70.4 Å². The fourth-order valence-corrected chi connectivity index (χ4v) is 4.37. The highest BCUT2D eigenvalue weighted by atomic mass is 32.2. The Kier molecular flexibility index (Phi) is 8.70. The van der Waals surface area contributed by atoms with Gasteiger partial charge in [0.1, 0.15) is 9.84 Å². The van der Waals surface area contributed by atoms with Crippen LogP contribution in [0.1, 0.15) is 32.3 Å². The molecule has 30 heavy (non-hydrogen) atoms. The van der Waals surface area contributed by atoms with Crippen molar-refractivity contribution in [2.45, 2.75) is 33.1 Å². The van der Waals surface area contributed by atoms with Crippen LogP contribution in [0.15, 0.2) is 35.3 Å². The maximum absolute atomic E-state index is 12.3. The number of sulfone groups is 1. The number of aliphatic imine (C=N–C) groups is 1. The van der Waals surface area contributed by atoms with E-state index in [1.165, 1.54) is 11.8 Å². The molecule has 0 aromatic heterocycles. The molecule has 0 saturated carbocycles. The molecule has 2 N–H and O–H groups in total. The van der Waals surface area contributed by atoms with Crippen LogP contribution in [0.2, 0.25) is 0 Å². The summed E-state index contributed by atoms with van der Waals surface area (Å²) in [6.07, 6.45) is 3.28. The molecule has 1 unspecified atom stereocenters. The van der Waals surface area contributed by atoms with Gasteiger partial charge in [-0.05, 0) is 23.8 Å². The van der Waals surface area contributed by atoms with E-state index in [9.17, 15) is 13.2 Å². The Balaban J connectivity index is 1.73. The summed E-state index contributed by atoms with van der Waals surface area (Å²) in [4.78, 5) is 18.5. The quantitative estimate of drug-likeness (QED) is 0.430. The SMILES string of the molecule is CN=C(NCC1CC(=O)N(CCc2ccccc2)C1)NCC(C)(C)CCS(C)(=O)=O. The molecule has 0 aliphatic carbocycles. The molecule has 1 aliphatic heterocycles. The van der Waals surface area contributed by atoms with Crippen molar-refractivity contribution in [3.05, 3.63) is 35.9 Å². The third-order valence-corrected chi connectivity index (χ3v) is 6.42. The van der Waals surface area contributed by atoms with Gasteiger partial charge in [0.15, 0.2) is 5.96 Å². The van der Waals surface area contributed by atoms with E-state index in [0.717, 1.165) is 19.5 Å². The van der Waals surface area contributed by atoms with E-state index < -0.39 is 9.84 Å². The number of carbonyl (C=O) groups excluding carboxylic acids is 1. The second-order valence-corrected chi connectivity index (χ2v) is 11.3. The zero-order chi connectivity index (χ0) is 22.2. The lowest BCUT2D eigenvalue weighted by Gasteiger charge is -2.26. The van der Waals surface area contributed by atoms with Crippen molar-refractivity contribution >= 4 is 21.7 Å². The van der Waals surface area contributed by atoms with Gasteiger partial charge in [-0.15, -0.1) is 0 Å². The summed E-state index contributed by atoms with van der Waals surface area (Å²) in [6.45, 7) is 6.89. The number of guanidine groups is 1. The monoisotopic (exact) mass is 436 g/mol. The van der Waals surface area contributed by atoms with Gasteiger partial charge in [-0.3, -0.25) is 9.79 Å². The molecule has 1 saturated heterocycles. The van der Waals surface area contributed by atoms with Crippen molar-refractivity contribution in [1.29, 1.82) is 0 Å². The van der Waals surface area contributed by atoms with Crippen LogP contribution >= 0.6 is 0 Å². The molecule has 1 aliphatic rings. The number of nitrogens with one attached hydrogen (secondary N) is 2. The Morgan fingerprint density at radius 3 is 2.57 bits per heavy atom. The van der Waals surface area contributed by atoms with Crippen LogP contribution in [0.4, 0.5) is 0 Å². The smallest absolute Gasteiger partial charge is 0.223 e. The first-order valence-electron chi connectivity index (χ1n) is 10.5. The molecular weight excluding hydrogens is 400 g/mol. The van der Waals surface area contributed by atoms with Gasteiger partial charge in [0, 0.05) is 51.8 Å². The second-order valence-electron chi connectivity index (χ2n) is 9.00. The maximum Gasteiger partial charge on any atom is 0.223 e. The number of likely N-dealkylation sites (tertiary alicyclic amines) is 1. The van der Waals surface area contributed by atoms with E-state index in [4.69, 9.17) is 0 Å². The Labute approximate surface area is 181 Å². The van der Waals surface area contributed by atoms with Crippen molar-refractivity contribution < 1.29 is 13.2 Å². The lowest BCUT2D eigenvalue weighted by Crippen LogP contribution is -2.44. The molecule has 0 bridgehead atoms. The minimum Gasteiger partial charge on any atom is -0.356 e.